The normalized spacial score (nSPS) is 20.4. The highest BCUT2D eigenvalue weighted by molar-refractivity contribution is 5.80. The van der Waals surface area contributed by atoms with Crippen LogP contribution in [0, 0.1) is 0 Å². The van der Waals surface area contributed by atoms with E-state index in [9.17, 15) is 4.79 Å². The average molecular weight is 279 g/mol. The summed E-state index contributed by atoms with van der Waals surface area (Å²) in [5.41, 5.74) is 0.776. The van der Waals surface area contributed by atoms with Crippen molar-refractivity contribution >= 4 is 12.4 Å². The van der Waals surface area contributed by atoms with Crippen molar-refractivity contribution < 1.29 is 23.7 Å². The minimum atomic E-state index is -0.687. The number of hydrogen-bond donors (Lipinski definition) is 0. The molecular weight excluding hydrogens is 262 g/mol. The fraction of sp³-hybridized carbons (Fsp3) is 0.429. The van der Waals surface area contributed by atoms with Gasteiger partial charge >= 0.3 is 5.97 Å². The molecule has 0 aliphatic carbocycles. The lowest BCUT2D eigenvalue weighted by molar-refractivity contribution is -0.146. The van der Waals surface area contributed by atoms with Crippen molar-refractivity contribution in [2.75, 3.05) is 20.8 Å². The van der Waals surface area contributed by atoms with Crippen LogP contribution >= 0.6 is 0 Å². The first kappa shape index (κ1) is 14.2. The maximum Gasteiger partial charge on any atom is 0.335 e. The molecule has 1 heterocycles. The summed E-state index contributed by atoms with van der Waals surface area (Å²) in [6.07, 6.45) is 0.775. The van der Waals surface area contributed by atoms with Crippen molar-refractivity contribution in [1.82, 2.24) is 0 Å². The Bertz CT molecular complexity index is 514. The minimum absolute atomic E-state index is 0.309. The Morgan fingerprint density at radius 2 is 2.05 bits per heavy atom. The van der Waals surface area contributed by atoms with Crippen LogP contribution in [0.25, 0.3) is 0 Å². The molecule has 1 aliphatic rings. The monoisotopic (exact) mass is 279 g/mol. The second-order valence-electron chi connectivity index (χ2n) is 4.12. The lowest BCUT2D eigenvalue weighted by Gasteiger charge is -2.17. The lowest BCUT2D eigenvalue weighted by Crippen LogP contribution is -2.26. The summed E-state index contributed by atoms with van der Waals surface area (Å²) in [5, 5.41) is 0. The Morgan fingerprint density at radius 1 is 1.30 bits per heavy atom. The van der Waals surface area contributed by atoms with E-state index in [1.165, 1.54) is 6.40 Å². The van der Waals surface area contributed by atoms with Gasteiger partial charge in [-0.15, -0.1) is 0 Å². The molecule has 2 atom stereocenters. The van der Waals surface area contributed by atoms with Gasteiger partial charge in [0.25, 0.3) is 0 Å². The third-order valence-corrected chi connectivity index (χ3v) is 2.98. The summed E-state index contributed by atoms with van der Waals surface area (Å²) in [5.74, 6) is 0.784. The van der Waals surface area contributed by atoms with Crippen LogP contribution in [0.5, 0.6) is 11.5 Å². The molecule has 0 bridgehead atoms. The fourth-order valence-corrected chi connectivity index (χ4v) is 2.02. The molecule has 2 unspecified atom stereocenters. The van der Waals surface area contributed by atoms with Gasteiger partial charge in [0, 0.05) is 0 Å². The standard InChI is InChI=1S/C14H17NO5/c1-4-19-14(16)12-13(20-8-15-12)9-5-6-10(17-2)11(7-9)18-3/h5-8,12-13H,4H2,1-3H3. The Balaban J connectivity index is 2.24. The highest BCUT2D eigenvalue weighted by atomic mass is 16.5. The van der Waals surface area contributed by atoms with Crippen LogP contribution in [0.1, 0.15) is 18.6 Å². The molecule has 0 N–H and O–H groups in total. The van der Waals surface area contributed by atoms with Crippen LogP contribution in [0.15, 0.2) is 23.2 Å². The van der Waals surface area contributed by atoms with Gasteiger partial charge in [-0.25, -0.2) is 9.79 Å². The third kappa shape index (κ3) is 2.68. The first-order chi connectivity index (χ1) is 9.71. The number of methoxy groups -OCH3 is 2. The Kier molecular flexibility index (Phi) is 4.45. The van der Waals surface area contributed by atoms with Crippen LogP contribution in [0.3, 0.4) is 0 Å². The number of carbonyl (C=O) groups excluding carboxylic acids is 1. The molecule has 1 aromatic carbocycles. The molecule has 6 nitrogen and oxygen atoms in total. The summed E-state index contributed by atoms with van der Waals surface area (Å²) >= 11 is 0. The first-order valence-electron chi connectivity index (χ1n) is 6.27. The molecule has 1 aliphatic heterocycles. The van der Waals surface area contributed by atoms with Crippen LogP contribution in [0.4, 0.5) is 0 Å². The first-order valence-corrected chi connectivity index (χ1v) is 6.27. The number of nitrogens with zero attached hydrogens (tertiary/aromatic N) is 1. The molecule has 0 fully saturated rings. The molecule has 1 aromatic rings. The van der Waals surface area contributed by atoms with Crippen molar-refractivity contribution in [3.8, 4) is 11.5 Å². The Labute approximate surface area is 117 Å². The molecule has 20 heavy (non-hydrogen) atoms. The second kappa shape index (κ2) is 6.27. The molecule has 108 valence electrons. The zero-order chi connectivity index (χ0) is 14.5. The number of carbonyl (C=O) groups is 1. The molecule has 0 radical (unpaired) electrons. The van der Waals surface area contributed by atoms with Gasteiger partial charge < -0.3 is 18.9 Å². The maximum absolute atomic E-state index is 11.8. The van der Waals surface area contributed by atoms with Crippen molar-refractivity contribution in [2.45, 2.75) is 19.1 Å². The smallest absolute Gasteiger partial charge is 0.335 e. The maximum atomic E-state index is 11.8. The lowest BCUT2D eigenvalue weighted by atomic mass is 10.0. The van der Waals surface area contributed by atoms with Gasteiger partial charge in [0.15, 0.2) is 30.0 Å². The van der Waals surface area contributed by atoms with Crippen LogP contribution < -0.4 is 9.47 Å². The zero-order valence-corrected chi connectivity index (χ0v) is 11.7. The summed E-state index contributed by atoms with van der Waals surface area (Å²) in [4.78, 5) is 15.9. The number of aliphatic imine (C=N–C) groups is 1. The van der Waals surface area contributed by atoms with E-state index < -0.39 is 18.1 Å². The van der Waals surface area contributed by atoms with Crippen LogP contribution in [-0.4, -0.2) is 39.2 Å². The number of benzene rings is 1. The molecular formula is C14H17NO5. The van der Waals surface area contributed by atoms with Gasteiger partial charge in [-0.2, -0.15) is 0 Å². The zero-order valence-electron chi connectivity index (χ0n) is 11.7. The van der Waals surface area contributed by atoms with E-state index in [2.05, 4.69) is 4.99 Å². The summed E-state index contributed by atoms with van der Waals surface area (Å²) in [6.45, 7) is 2.06. The quantitative estimate of drug-likeness (QED) is 0.768. The van der Waals surface area contributed by atoms with E-state index in [4.69, 9.17) is 18.9 Å². The predicted octanol–water partition coefficient (Wildman–Crippen LogP) is 1.74. The number of ether oxygens (including phenoxy) is 4. The van der Waals surface area contributed by atoms with E-state index in [0.717, 1.165) is 5.56 Å². The van der Waals surface area contributed by atoms with E-state index >= 15 is 0 Å². The number of rotatable bonds is 5. The van der Waals surface area contributed by atoms with Crippen LogP contribution in [-0.2, 0) is 14.3 Å². The topological polar surface area (TPSA) is 66.4 Å². The van der Waals surface area contributed by atoms with Gasteiger partial charge in [-0.05, 0) is 24.6 Å². The van der Waals surface area contributed by atoms with Gasteiger partial charge in [-0.1, -0.05) is 6.07 Å². The van der Waals surface area contributed by atoms with Gasteiger partial charge in [-0.3, -0.25) is 0 Å². The predicted molar refractivity (Wildman–Crippen MR) is 72.3 cm³/mol. The molecule has 6 heteroatoms. The van der Waals surface area contributed by atoms with Crippen LogP contribution in [0.2, 0.25) is 0 Å². The number of esters is 1. The highest BCUT2D eigenvalue weighted by Gasteiger charge is 2.35. The Morgan fingerprint density at radius 3 is 2.70 bits per heavy atom. The van der Waals surface area contributed by atoms with Gasteiger partial charge in [0.1, 0.15) is 0 Å². The molecule has 0 amide bonds. The highest BCUT2D eigenvalue weighted by Crippen LogP contribution is 2.34. The van der Waals surface area contributed by atoms with Crippen molar-refractivity contribution in [3.05, 3.63) is 23.8 Å². The molecule has 0 saturated carbocycles. The van der Waals surface area contributed by atoms with Crippen molar-refractivity contribution in [2.24, 2.45) is 4.99 Å². The SMILES string of the molecule is CCOC(=O)C1N=COC1c1ccc(OC)c(OC)c1. The average Bonchev–Trinajstić information content (AvgIpc) is 2.96. The molecule has 0 aromatic heterocycles. The minimum Gasteiger partial charge on any atom is -0.493 e. The summed E-state index contributed by atoms with van der Waals surface area (Å²) < 4.78 is 20.8. The Hall–Kier alpha value is -2.24. The largest absolute Gasteiger partial charge is 0.493 e. The van der Waals surface area contributed by atoms with Gasteiger partial charge in [0.05, 0.1) is 20.8 Å². The van der Waals surface area contributed by atoms with E-state index in [1.54, 1.807) is 33.3 Å². The number of hydrogen-bond acceptors (Lipinski definition) is 6. The van der Waals surface area contributed by atoms with E-state index in [1.807, 2.05) is 6.07 Å². The van der Waals surface area contributed by atoms with E-state index in [-0.39, 0.29) is 0 Å². The van der Waals surface area contributed by atoms with Crippen molar-refractivity contribution in [3.63, 3.8) is 0 Å². The fourth-order valence-electron chi connectivity index (χ4n) is 2.02. The third-order valence-electron chi connectivity index (χ3n) is 2.98. The second-order valence-corrected chi connectivity index (χ2v) is 4.12. The molecule has 0 spiro atoms. The summed E-state index contributed by atoms with van der Waals surface area (Å²) in [7, 11) is 3.12. The molecule has 0 saturated heterocycles. The summed E-state index contributed by atoms with van der Waals surface area (Å²) in [6, 6.07) is 4.66. The van der Waals surface area contributed by atoms with Gasteiger partial charge in [0.2, 0.25) is 0 Å². The van der Waals surface area contributed by atoms with E-state index in [0.29, 0.717) is 18.1 Å². The molecule has 2 rings (SSSR count). The van der Waals surface area contributed by atoms with Crippen molar-refractivity contribution in [1.29, 1.82) is 0 Å².